The molecule has 1 aliphatic carbocycles. The number of aryl methyl sites for hydroxylation is 1. The highest BCUT2D eigenvalue weighted by Crippen LogP contribution is 2.29. The summed E-state index contributed by atoms with van der Waals surface area (Å²) in [6.07, 6.45) is 15.0. The highest BCUT2D eigenvalue weighted by Gasteiger charge is 2.16. The Kier molecular flexibility index (Phi) is 7.70. The van der Waals surface area contributed by atoms with Crippen LogP contribution in [0, 0.1) is 5.92 Å². The van der Waals surface area contributed by atoms with Crippen LogP contribution in [0.3, 0.4) is 0 Å². The Bertz CT molecular complexity index is 426. The molecule has 1 nitrogen and oxygen atoms in total. The fraction of sp³-hybridized carbons (Fsp3) is 0.667. The van der Waals surface area contributed by atoms with Crippen molar-refractivity contribution < 1.29 is 4.79 Å². The van der Waals surface area contributed by atoms with Crippen LogP contribution < -0.4 is 0 Å². The van der Waals surface area contributed by atoms with E-state index in [1.807, 2.05) is 12.1 Å². The summed E-state index contributed by atoms with van der Waals surface area (Å²) in [4.78, 5) is 12.2. The molecule has 2 rings (SSSR count). The van der Waals surface area contributed by atoms with Crippen LogP contribution >= 0.6 is 0 Å². The topological polar surface area (TPSA) is 17.1 Å². The summed E-state index contributed by atoms with van der Waals surface area (Å²) < 4.78 is 0. The zero-order valence-corrected chi connectivity index (χ0v) is 14.3. The third kappa shape index (κ3) is 5.94. The summed E-state index contributed by atoms with van der Waals surface area (Å²) in [5, 5.41) is 0. The number of carbonyl (C=O) groups excluding carboxylic acids is 1. The van der Waals surface area contributed by atoms with Gasteiger partial charge in [-0.15, -0.1) is 0 Å². The minimum Gasteiger partial charge on any atom is -0.294 e. The molecule has 0 N–H and O–H groups in total. The van der Waals surface area contributed by atoms with Gasteiger partial charge in [0, 0.05) is 12.0 Å². The molecule has 0 spiro atoms. The Hall–Kier alpha value is -1.11. The number of Topliss-reactive ketones (excluding diaryl/α,β-unsaturated/α-hetero) is 1. The Morgan fingerprint density at radius 3 is 2.36 bits per heavy atom. The predicted molar refractivity (Wildman–Crippen MR) is 94.4 cm³/mol. The zero-order chi connectivity index (χ0) is 15.6. The molecule has 0 radical (unpaired) electrons. The number of rotatable bonds is 10. The molecule has 0 atom stereocenters. The van der Waals surface area contributed by atoms with Gasteiger partial charge >= 0.3 is 0 Å². The van der Waals surface area contributed by atoms with Gasteiger partial charge in [-0.1, -0.05) is 82.6 Å². The van der Waals surface area contributed by atoms with E-state index in [-0.39, 0.29) is 0 Å². The van der Waals surface area contributed by atoms with Crippen molar-refractivity contribution in [2.45, 2.75) is 84.0 Å². The fourth-order valence-corrected chi connectivity index (χ4v) is 3.57. The van der Waals surface area contributed by atoms with Gasteiger partial charge in [-0.2, -0.15) is 0 Å². The second kappa shape index (κ2) is 9.82. The quantitative estimate of drug-likeness (QED) is 0.363. The summed E-state index contributed by atoms with van der Waals surface area (Å²) in [5.41, 5.74) is 2.29. The van der Waals surface area contributed by atoms with Gasteiger partial charge in [0.05, 0.1) is 0 Å². The lowest BCUT2D eigenvalue weighted by Crippen LogP contribution is -2.03. The van der Waals surface area contributed by atoms with Crippen LogP contribution in [0.2, 0.25) is 0 Å². The monoisotopic (exact) mass is 300 g/mol. The third-order valence-corrected chi connectivity index (χ3v) is 5.10. The minimum absolute atomic E-state index is 0.335. The van der Waals surface area contributed by atoms with Gasteiger partial charge in [-0.25, -0.2) is 0 Å². The molecule has 0 aliphatic heterocycles. The molecule has 1 saturated carbocycles. The largest absolute Gasteiger partial charge is 0.294 e. The van der Waals surface area contributed by atoms with Crippen molar-refractivity contribution in [3.8, 4) is 0 Å². The molecule has 1 aliphatic rings. The number of benzene rings is 1. The Labute approximate surface area is 136 Å². The fourth-order valence-electron chi connectivity index (χ4n) is 3.57. The molecule has 0 saturated heterocycles. The van der Waals surface area contributed by atoms with Crippen LogP contribution in [0.4, 0.5) is 0 Å². The smallest absolute Gasteiger partial charge is 0.162 e. The van der Waals surface area contributed by atoms with Crippen molar-refractivity contribution in [2.24, 2.45) is 5.92 Å². The molecule has 1 aromatic rings. The minimum atomic E-state index is 0.335. The number of carbonyl (C=O) groups is 1. The number of unbranched alkanes of at least 4 members (excludes halogenated alkanes) is 4. The maximum absolute atomic E-state index is 12.2. The molecule has 0 unspecified atom stereocenters. The van der Waals surface area contributed by atoms with E-state index < -0.39 is 0 Å². The first-order chi connectivity index (χ1) is 10.8. The van der Waals surface area contributed by atoms with E-state index in [0.717, 1.165) is 30.7 Å². The second-order valence-electron chi connectivity index (χ2n) is 6.97. The van der Waals surface area contributed by atoms with E-state index in [1.165, 1.54) is 63.4 Å². The van der Waals surface area contributed by atoms with Crippen molar-refractivity contribution in [2.75, 3.05) is 0 Å². The molecule has 0 aromatic heterocycles. The van der Waals surface area contributed by atoms with Gasteiger partial charge in [0.15, 0.2) is 5.78 Å². The standard InChI is InChI=1S/C21H32O/c1-2-3-4-5-6-9-19-12-15-20(16-13-19)21(22)17-14-18-10-7-8-11-18/h12-13,15-16,18H,2-11,14,17H2,1H3. The van der Waals surface area contributed by atoms with Crippen molar-refractivity contribution >= 4 is 5.78 Å². The van der Waals surface area contributed by atoms with Gasteiger partial charge in [-0.3, -0.25) is 4.79 Å². The first-order valence-corrected chi connectivity index (χ1v) is 9.41. The maximum atomic E-state index is 12.2. The average molecular weight is 300 g/mol. The number of hydrogen-bond acceptors (Lipinski definition) is 1. The lowest BCUT2D eigenvalue weighted by Gasteiger charge is -2.08. The first-order valence-electron chi connectivity index (χ1n) is 9.41. The average Bonchev–Trinajstić information content (AvgIpc) is 3.06. The third-order valence-electron chi connectivity index (χ3n) is 5.10. The summed E-state index contributed by atoms with van der Waals surface area (Å²) in [7, 11) is 0. The molecule has 22 heavy (non-hydrogen) atoms. The van der Waals surface area contributed by atoms with Crippen LogP contribution in [0.1, 0.15) is 93.5 Å². The van der Waals surface area contributed by atoms with Crippen LogP contribution in [0.25, 0.3) is 0 Å². The normalized spacial score (nSPS) is 15.3. The predicted octanol–water partition coefficient (Wildman–Crippen LogP) is 6.35. The van der Waals surface area contributed by atoms with Gasteiger partial charge in [-0.05, 0) is 30.7 Å². The van der Waals surface area contributed by atoms with Crippen LogP contribution in [0.5, 0.6) is 0 Å². The van der Waals surface area contributed by atoms with E-state index in [0.29, 0.717) is 5.78 Å². The highest BCUT2D eigenvalue weighted by atomic mass is 16.1. The summed E-state index contributed by atoms with van der Waals surface area (Å²) in [6, 6.07) is 8.39. The van der Waals surface area contributed by atoms with E-state index in [1.54, 1.807) is 0 Å². The molecule has 0 bridgehead atoms. The van der Waals surface area contributed by atoms with Crippen molar-refractivity contribution in [1.82, 2.24) is 0 Å². The zero-order valence-electron chi connectivity index (χ0n) is 14.3. The van der Waals surface area contributed by atoms with Gasteiger partial charge in [0.2, 0.25) is 0 Å². The van der Waals surface area contributed by atoms with E-state index >= 15 is 0 Å². The first kappa shape index (κ1) is 17.2. The van der Waals surface area contributed by atoms with Gasteiger partial charge < -0.3 is 0 Å². The van der Waals surface area contributed by atoms with Crippen molar-refractivity contribution in [3.05, 3.63) is 35.4 Å². The second-order valence-corrected chi connectivity index (χ2v) is 6.97. The van der Waals surface area contributed by atoms with E-state index in [4.69, 9.17) is 0 Å². The number of ketones is 1. The molecule has 1 aromatic carbocycles. The van der Waals surface area contributed by atoms with Gasteiger partial charge in [0.25, 0.3) is 0 Å². The number of hydrogen-bond donors (Lipinski definition) is 0. The Balaban J connectivity index is 1.69. The van der Waals surface area contributed by atoms with Crippen molar-refractivity contribution in [3.63, 3.8) is 0 Å². The van der Waals surface area contributed by atoms with Gasteiger partial charge in [0.1, 0.15) is 0 Å². The molecule has 0 heterocycles. The van der Waals surface area contributed by atoms with Crippen molar-refractivity contribution in [1.29, 1.82) is 0 Å². The molecular formula is C21H32O. The van der Waals surface area contributed by atoms with Crippen LogP contribution in [-0.4, -0.2) is 5.78 Å². The molecule has 122 valence electrons. The highest BCUT2D eigenvalue weighted by molar-refractivity contribution is 5.96. The summed E-state index contributed by atoms with van der Waals surface area (Å²) in [6.45, 7) is 2.25. The SMILES string of the molecule is CCCCCCCc1ccc(C(=O)CCC2CCCC2)cc1. The summed E-state index contributed by atoms with van der Waals surface area (Å²) in [5.74, 6) is 1.15. The van der Waals surface area contributed by atoms with E-state index in [2.05, 4.69) is 19.1 Å². The molecule has 1 heteroatoms. The molecular weight excluding hydrogens is 268 g/mol. The molecule has 0 amide bonds. The van der Waals surface area contributed by atoms with Crippen LogP contribution in [0.15, 0.2) is 24.3 Å². The van der Waals surface area contributed by atoms with Crippen LogP contribution in [-0.2, 0) is 6.42 Å². The Morgan fingerprint density at radius 1 is 1.00 bits per heavy atom. The summed E-state index contributed by atoms with van der Waals surface area (Å²) >= 11 is 0. The lowest BCUT2D eigenvalue weighted by atomic mass is 9.96. The Morgan fingerprint density at radius 2 is 1.68 bits per heavy atom. The maximum Gasteiger partial charge on any atom is 0.162 e. The lowest BCUT2D eigenvalue weighted by molar-refractivity contribution is 0.0974. The molecule has 1 fully saturated rings. The van der Waals surface area contributed by atoms with E-state index in [9.17, 15) is 4.79 Å².